The third-order valence-corrected chi connectivity index (χ3v) is 4.74. The van der Waals surface area contributed by atoms with Crippen molar-refractivity contribution in [2.45, 2.75) is 58.7 Å². The van der Waals surface area contributed by atoms with Gasteiger partial charge in [0.05, 0.1) is 0 Å². The van der Waals surface area contributed by atoms with Crippen LogP contribution in [0.2, 0.25) is 0 Å². The first-order valence-electron chi connectivity index (χ1n) is 9.20. The van der Waals surface area contributed by atoms with E-state index >= 15 is 0 Å². The van der Waals surface area contributed by atoms with Crippen LogP contribution in [0.4, 0.5) is 10.6 Å². The van der Waals surface area contributed by atoms with Gasteiger partial charge in [0.15, 0.2) is 0 Å². The van der Waals surface area contributed by atoms with Crippen LogP contribution in [0.25, 0.3) is 0 Å². The van der Waals surface area contributed by atoms with E-state index in [4.69, 9.17) is 4.74 Å². The number of carbonyl (C=O) groups excluding carboxylic acids is 2. The van der Waals surface area contributed by atoms with E-state index in [9.17, 15) is 9.59 Å². The van der Waals surface area contributed by atoms with Crippen molar-refractivity contribution in [3.63, 3.8) is 0 Å². The smallest absolute Gasteiger partial charge is 0.410 e. The Balaban J connectivity index is 1.84. The summed E-state index contributed by atoms with van der Waals surface area (Å²) in [7, 11) is 0. The largest absolute Gasteiger partial charge is 0.444 e. The molecule has 1 aliphatic rings. The maximum absolute atomic E-state index is 12.4. The summed E-state index contributed by atoms with van der Waals surface area (Å²) in [5, 5.41) is 2.81. The lowest BCUT2D eigenvalue weighted by atomic mass is 10.1. The molecule has 2 heterocycles. The maximum Gasteiger partial charge on any atom is 0.410 e. The molecule has 0 saturated carbocycles. The number of rotatable bonds is 4. The summed E-state index contributed by atoms with van der Waals surface area (Å²) >= 11 is 3.36. The summed E-state index contributed by atoms with van der Waals surface area (Å²) in [4.78, 5) is 32.8. The van der Waals surface area contributed by atoms with Crippen molar-refractivity contribution in [3.05, 3.63) is 22.8 Å². The number of pyridine rings is 1. The number of carbonyl (C=O) groups is 2. The molecule has 2 rings (SSSR count). The van der Waals surface area contributed by atoms with Gasteiger partial charge in [0.25, 0.3) is 0 Å². The first-order chi connectivity index (χ1) is 12.5. The highest BCUT2D eigenvalue weighted by atomic mass is 79.9. The van der Waals surface area contributed by atoms with Crippen LogP contribution in [0.5, 0.6) is 0 Å². The third kappa shape index (κ3) is 6.77. The van der Waals surface area contributed by atoms with Crippen LogP contribution in [-0.4, -0.2) is 64.1 Å². The molecule has 1 aromatic heterocycles. The zero-order valence-electron chi connectivity index (χ0n) is 16.7. The molecule has 150 valence electrons. The molecule has 0 spiro atoms. The number of hydrogen-bond acceptors (Lipinski definition) is 5. The molecule has 1 aliphatic heterocycles. The molecule has 0 unspecified atom stereocenters. The number of anilines is 1. The van der Waals surface area contributed by atoms with Crippen LogP contribution in [0.15, 0.2) is 22.8 Å². The number of piperazine rings is 1. The number of ether oxygens (including phenoxy) is 1. The van der Waals surface area contributed by atoms with E-state index in [1.807, 2.05) is 40.7 Å². The molecule has 8 heteroatoms. The summed E-state index contributed by atoms with van der Waals surface area (Å²) < 4.78 is 6.39. The quantitative estimate of drug-likeness (QED) is 0.774. The molecule has 1 N–H and O–H groups in total. The Bertz CT molecular complexity index is 665. The molecule has 1 aromatic rings. The van der Waals surface area contributed by atoms with Gasteiger partial charge in [-0.25, -0.2) is 9.78 Å². The standard InChI is InChI=1S/C19H29BrN4O3/c1-13-11-23(12-14(2)24(13)18(26)27-19(3,4)5)9-7-17(25)22-16-10-15(20)6-8-21-16/h6,8,10,13-14H,7,9,11-12H2,1-5H3,(H,21,22,25)/t13-,14+. The van der Waals surface area contributed by atoms with Gasteiger partial charge in [-0.05, 0) is 46.8 Å². The third-order valence-electron chi connectivity index (χ3n) is 4.24. The normalized spacial score (nSPS) is 21.0. The minimum atomic E-state index is -0.508. The number of halogens is 1. The summed E-state index contributed by atoms with van der Waals surface area (Å²) in [6, 6.07) is 3.63. The van der Waals surface area contributed by atoms with Crippen LogP contribution in [-0.2, 0) is 9.53 Å². The zero-order chi connectivity index (χ0) is 20.2. The average molecular weight is 441 g/mol. The van der Waals surface area contributed by atoms with Crippen molar-refractivity contribution in [2.24, 2.45) is 0 Å². The first-order valence-corrected chi connectivity index (χ1v) is 9.99. The average Bonchev–Trinajstić information content (AvgIpc) is 2.50. The first kappa shape index (κ1) is 21.6. The summed E-state index contributed by atoms with van der Waals surface area (Å²) in [6.45, 7) is 11.7. The minimum Gasteiger partial charge on any atom is -0.444 e. The van der Waals surface area contributed by atoms with Gasteiger partial charge in [0, 0.05) is 48.8 Å². The molecule has 2 amide bonds. The Labute approximate surface area is 169 Å². The molecule has 2 atom stereocenters. The summed E-state index contributed by atoms with van der Waals surface area (Å²) in [5.74, 6) is 0.460. The van der Waals surface area contributed by atoms with Crippen molar-refractivity contribution in [2.75, 3.05) is 25.0 Å². The van der Waals surface area contributed by atoms with Crippen molar-refractivity contribution in [1.29, 1.82) is 0 Å². The van der Waals surface area contributed by atoms with E-state index in [0.29, 0.717) is 31.9 Å². The lowest BCUT2D eigenvalue weighted by Crippen LogP contribution is -2.59. The van der Waals surface area contributed by atoms with Crippen molar-refractivity contribution >= 4 is 33.7 Å². The van der Waals surface area contributed by atoms with Crippen LogP contribution in [0.1, 0.15) is 41.0 Å². The molecule has 27 heavy (non-hydrogen) atoms. The van der Waals surface area contributed by atoms with Gasteiger partial charge in [0.1, 0.15) is 11.4 Å². The predicted octanol–water partition coefficient (Wildman–Crippen LogP) is 3.50. The molecule has 0 aliphatic carbocycles. The van der Waals surface area contributed by atoms with E-state index < -0.39 is 5.60 Å². The molecule has 0 radical (unpaired) electrons. The van der Waals surface area contributed by atoms with Crippen molar-refractivity contribution in [3.8, 4) is 0 Å². The topological polar surface area (TPSA) is 74.8 Å². The van der Waals surface area contributed by atoms with E-state index in [0.717, 1.165) is 4.47 Å². The number of nitrogens with zero attached hydrogens (tertiary/aromatic N) is 3. The summed E-state index contributed by atoms with van der Waals surface area (Å²) in [5.41, 5.74) is -0.508. The van der Waals surface area contributed by atoms with E-state index in [2.05, 4.69) is 31.1 Å². The van der Waals surface area contributed by atoms with Crippen LogP contribution < -0.4 is 5.32 Å². The van der Waals surface area contributed by atoms with E-state index in [-0.39, 0.29) is 24.1 Å². The second-order valence-electron chi connectivity index (χ2n) is 8.00. The van der Waals surface area contributed by atoms with Crippen LogP contribution in [0, 0.1) is 0 Å². The van der Waals surface area contributed by atoms with Gasteiger partial charge in [-0.15, -0.1) is 0 Å². The van der Waals surface area contributed by atoms with E-state index in [1.54, 1.807) is 17.2 Å². The van der Waals surface area contributed by atoms with Crippen molar-refractivity contribution < 1.29 is 14.3 Å². The number of hydrogen-bond donors (Lipinski definition) is 1. The van der Waals surface area contributed by atoms with Crippen LogP contribution >= 0.6 is 15.9 Å². The minimum absolute atomic E-state index is 0.0263. The Hall–Kier alpha value is -1.67. The highest BCUT2D eigenvalue weighted by Crippen LogP contribution is 2.20. The van der Waals surface area contributed by atoms with Gasteiger partial charge in [0.2, 0.25) is 5.91 Å². The van der Waals surface area contributed by atoms with Crippen molar-refractivity contribution in [1.82, 2.24) is 14.8 Å². The van der Waals surface area contributed by atoms with Gasteiger partial charge in [-0.2, -0.15) is 0 Å². The van der Waals surface area contributed by atoms with Gasteiger partial charge < -0.3 is 15.0 Å². The number of nitrogens with one attached hydrogen (secondary N) is 1. The molecule has 0 bridgehead atoms. The monoisotopic (exact) mass is 440 g/mol. The Morgan fingerprint density at radius 2 is 1.93 bits per heavy atom. The fraction of sp³-hybridized carbons (Fsp3) is 0.632. The molecule has 7 nitrogen and oxygen atoms in total. The molecule has 1 saturated heterocycles. The second kappa shape index (κ2) is 9.01. The summed E-state index contributed by atoms with van der Waals surface area (Å²) in [6.07, 6.45) is 1.74. The van der Waals surface area contributed by atoms with Gasteiger partial charge >= 0.3 is 6.09 Å². The Morgan fingerprint density at radius 3 is 2.48 bits per heavy atom. The second-order valence-corrected chi connectivity index (χ2v) is 8.92. The molecular weight excluding hydrogens is 412 g/mol. The highest BCUT2D eigenvalue weighted by Gasteiger charge is 2.35. The van der Waals surface area contributed by atoms with Gasteiger partial charge in [-0.3, -0.25) is 9.69 Å². The zero-order valence-corrected chi connectivity index (χ0v) is 18.2. The fourth-order valence-electron chi connectivity index (χ4n) is 3.23. The molecule has 1 fully saturated rings. The maximum atomic E-state index is 12.4. The SMILES string of the molecule is C[C@@H]1CN(CCC(=O)Nc2cc(Br)ccn2)C[C@H](C)N1C(=O)OC(C)(C)C. The number of amides is 2. The predicted molar refractivity (Wildman–Crippen MR) is 109 cm³/mol. The fourth-order valence-corrected chi connectivity index (χ4v) is 3.56. The van der Waals surface area contributed by atoms with E-state index in [1.165, 1.54) is 0 Å². The Kier molecular flexibility index (Phi) is 7.22. The molecule has 0 aromatic carbocycles. The number of aromatic nitrogens is 1. The highest BCUT2D eigenvalue weighted by molar-refractivity contribution is 9.10. The Morgan fingerprint density at radius 1 is 1.30 bits per heavy atom. The van der Waals surface area contributed by atoms with Crippen LogP contribution in [0.3, 0.4) is 0 Å². The lowest BCUT2D eigenvalue weighted by molar-refractivity contribution is -0.116. The lowest BCUT2D eigenvalue weighted by Gasteiger charge is -2.44. The molecular formula is C19H29BrN4O3. The van der Waals surface area contributed by atoms with Gasteiger partial charge in [-0.1, -0.05) is 15.9 Å².